The van der Waals surface area contributed by atoms with Crippen LogP contribution in [0.3, 0.4) is 0 Å². The lowest BCUT2D eigenvalue weighted by atomic mass is 9.57. The Bertz CT molecular complexity index is 534. The number of amides is 1. The number of aliphatic imine (C=N–C) groups is 1. The molecule has 1 amide bonds. The van der Waals surface area contributed by atoms with Crippen molar-refractivity contribution in [3.05, 3.63) is 0 Å². The van der Waals surface area contributed by atoms with Crippen LogP contribution in [-0.4, -0.2) is 74.8 Å². The molecular weight excluding hydrogens is 457 g/mol. The van der Waals surface area contributed by atoms with Crippen molar-refractivity contribution < 1.29 is 9.53 Å². The highest BCUT2D eigenvalue weighted by atomic mass is 127. The van der Waals surface area contributed by atoms with Gasteiger partial charge in [-0.1, -0.05) is 13.8 Å². The highest BCUT2D eigenvalue weighted by Gasteiger charge is 2.59. The van der Waals surface area contributed by atoms with Crippen LogP contribution < -0.4 is 16.0 Å². The minimum absolute atomic E-state index is 0. The average Bonchev–Trinajstić information content (AvgIpc) is 3.08. The molecule has 3 atom stereocenters. The van der Waals surface area contributed by atoms with Crippen LogP contribution in [0.1, 0.15) is 40.0 Å². The number of likely N-dealkylation sites (N-methyl/N-ethyl adjacent to an activating group) is 1. The number of halogens is 1. The molecule has 0 spiro atoms. The molecule has 27 heavy (non-hydrogen) atoms. The quantitative estimate of drug-likeness (QED) is 0.305. The summed E-state index contributed by atoms with van der Waals surface area (Å²) in [5, 5.41) is 10.0. The minimum atomic E-state index is 0. The van der Waals surface area contributed by atoms with E-state index < -0.39 is 0 Å². The topological polar surface area (TPSA) is 78.0 Å². The Kier molecular flexibility index (Phi) is 8.18. The number of carbonyl (C=O) groups is 1. The lowest BCUT2D eigenvalue weighted by Crippen LogP contribution is -2.68. The van der Waals surface area contributed by atoms with E-state index in [1.807, 2.05) is 0 Å². The van der Waals surface area contributed by atoms with Gasteiger partial charge in [-0.3, -0.25) is 14.7 Å². The lowest BCUT2D eigenvalue weighted by molar-refractivity contribution is -0.122. The number of guanidine groups is 1. The molecule has 0 aromatic heterocycles. The van der Waals surface area contributed by atoms with Gasteiger partial charge in [-0.25, -0.2) is 0 Å². The van der Waals surface area contributed by atoms with Gasteiger partial charge in [0.2, 0.25) is 5.91 Å². The van der Waals surface area contributed by atoms with Gasteiger partial charge < -0.3 is 20.7 Å². The van der Waals surface area contributed by atoms with E-state index in [0.717, 1.165) is 51.5 Å². The number of likely N-dealkylation sites (tertiary alicyclic amines) is 1. The van der Waals surface area contributed by atoms with Crippen LogP contribution in [0.4, 0.5) is 0 Å². The first-order valence-corrected chi connectivity index (χ1v) is 10.1. The van der Waals surface area contributed by atoms with Crippen molar-refractivity contribution in [2.75, 3.05) is 39.8 Å². The third kappa shape index (κ3) is 5.06. The maximum atomic E-state index is 11.5. The first-order chi connectivity index (χ1) is 12.5. The summed E-state index contributed by atoms with van der Waals surface area (Å²) >= 11 is 0. The van der Waals surface area contributed by atoms with Crippen LogP contribution in [0.5, 0.6) is 0 Å². The van der Waals surface area contributed by atoms with Crippen LogP contribution in [0, 0.1) is 11.3 Å². The number of ether oxygens (including phenoxy) is 1. The fourth-order valence-corrected chi connectivity index (χ4v) is 4.77. The molecule has 8 heteroatoms. The molecule has 2 aliphatic heterocycles. The summed E-state index contributed by atoms with van der Waals surface area (Å²) in [5.41, 5.74) is 0.147. The molecule has 1 aliphatic carbocycles. The van der Waals surface area contributed by atoms with E-state index in [0.29, 0.717) is 30.7 Å². The van der Waals surface area contributed by atoms with Crippen molar-refractivity contribution in [2.24, 2.45) is 16.3 Å². The number of hydrogen-bond acceptors (Lipinski definition) is 4. The van der Waals surface area contributed by atoms with Crippen LogP contribution in [0.2, 0.25) is 0 Å². The van der Waals surface area contributed by atoms with Gasteiger partial charge in [-0.2, -0.15) is 0 Å². The summed E-state index contributed by atoms with van der Waals surface area (Å²) in [7, 11) is 1.69. The van der Waals surface area contributed by atoms with Crippen LogP contribution >= 0.6 is 24.0 Å². The Labute approximate surface area is 180 Å². The molecule has 2 heterocycles. The molecule has 3 unspecified atom stereocenters. The minimum Gasteiger partial charge on any atom is -0.377 e. The van der Waals surface area contributed by atoms with Crippen molar-refractivity contribution in [3.8, 4) is 0 Å². The lowest BCUT2D eigenvalue weighted by Gasteiger charge is -2.55. The monoisotopic (exact) mass is 493 g/mol. The number of nitrogens with one attached hydrogen (secondary N) is 3. The standard InChI is InChI=1S/C19H35N5O2.HI/c1-5-21-18(23-16-14-8-11-26-17(14)19(16,2)3)22-13-6-9-24(10-7-13)12-15(25)20-4;/h13-14,16-17H,5-12H2,1-4H3,(H,20,25)(H2,21,22,23);1H. The molecule has 3 N–H and O–H groups in total. The molecule has 3 rings (SSSR count). The number of hydrogen-bond donors (Lipinski definition) is 3. The molecule has 0 aromatic rings. The summed E-state index contributed by atoms with van der Waals surface area (Å²) in [6.07, 6.45) is 3.59. The maximum absolute atomic E-state index is 11.5. The number of nitrogens with zero attached hydrogens (tertiary/aromatic N) is 2. The van der Waals surface area contributed by atoms with Gasteiger partial charge in [-0.15, -0.1) is 24.0 Å². The SMILES string of the molecule is CCN=C(NC1CCN(CC(=O)NC)CC1)NC1C2CCOC2C1(C)C.I. The third-order valence-corrected chi connectivity index (χ3v) is 6.28. The number of rotatable bonds is 5. The van der Waals surface area contributed by atoms with Crippen molar-refractivity contribution in [3.63, 3.8) is 0 Å². The fraction of sp³-hybridized carbons (Fsp3) is 0.895. The molecule has 7 nitrogen and oxygen atoms in total. The van der Waals surface area contributed by atoms with Crippen molar-refractivity contribution in [1.29, 1.82) is 0 Å². The van der Waals surface area contributed by atoms with Crippen molar-refractivity contribution in [1.82, 2.24) is 20.9 Å². The first-order valence-electron chi connectivity index (χ1n) is 10.1. The first kappa shape index (κ1) is 22.7. The van der Waals surface area contributed by atoms with Crippen LogP contribution in [0.25, 0.3) is 0 Å². The molecule has 2 saturated heterocycles. The molecule has 0 aromatic carbocycles. The summed E-state index contributed by atoms with van der Waals surface area (Å²) < 4.78 is 5.90. The van der Waals surface area contributed by atoms with Gasteiger partial charge in [0, 0.05) is 56.7 Å². The molecule has 0 radical (unpaired) electrons. The highest BCUT2D eigenvalue weighted by molar-refractivity contribution is 14.0. The van der Waals surface area contributed by atoms with E-state index in [1.165, 1.54) is 0 Å². The van der Waals surface area contributed by atoms with Crippen LogP contribution in [-0.2, 0) is 9.53 Å². The zero-order chi connectivity index (χ0) is 18.7. The summed E-state index contributed by atoms with van der Waals surface area (Å²) in [6.45, 7) is 10.7. The smallest absolute Gasteiger partial charge is 0.233 e. The zero-order valence-electron chi connectivity index (χ0n) is 17.1. The van der Waals surface area contributed by atoms with Gasteiger partial charge in [0.15, 0.2) is 5.96 Å². The largest absolute Gasteiger partial charge is 0.377 e. The normalized spacial score (nSPS) is 30.7. The third-order valence-electron chi connectivity index (χ3n) is 6.28. The van der Waals surface area contributed by atoms with Gasteiger partial charge in [0.05, 0.1) is 12.6 Å². The second kappa shape index (κ2) is 9.73. The van der Waals surface area contributed by atoms with E-state index in [1.54, 1.807) is 7.05 Å². The Morgan fingerprint density at radius 2 is 1.93 bits per heavy atom. The predicted octanol–water partition coefficient (Wildman–Crippen LogP) is 1.18. The Morgan fingerprint density at radius 3 is 2.56 bits per heavy atom. The Hall–Kier alpha value is -0.610. The fourth-order valence-electron chi connectivity index (χ4n) is 4.77. The second-order valence-corrected chi connectivity index (χ2v) is 8.38. The van der Waals surface area contributed by atoms with Gasteiger partial charge in [-0.05, 0) is 26.2 Å². The summed E-state index contributed by atoms with van der Waals surface area (Å²) in [5.74, 6) is 1.62. The molecule has 156 valence electrons. The van der Waals surface area contributed by atoms with E-state index in [9.17, 15) is 4.79 Å². The Balaban J connectivity index is 0.00000261. The number of piperidine rings is 1. The predicted molar refractivity (Wildman–Crippen MR) is 119 cm³/mol. The number of carbonyl (C=O) groups excluding carboxylic acids is 1. The number of fused-ring (bicyclic) bond motifs is 1. The average molecular weight is 493 g/mol. The molecule has 0 bridgehead atoms. The van der Waals surface area contributed by atoms with Gasteiger partial charge in [0.1, 0.15) is 0 Å². The highest BCUT2D eigenvalue weighted by Crippen LogP contribution is 2.52. The zero-order valence-corrected chi connectivity index (χ0v) is 19.4. The Morgan fingerprint density at radius 1 is 1.22 bits per heavy atom. The summed E-state index contributed by atoms with van der Waals surface area (Å²) in [4.78, 5) is 18.4. The second-order valence-electron chi connectivity index (χ2n) is 8.38. The van der Waals surface area contributed by atoms with E-state index in [2.05, 4.69) is 46.6 Å². The van der Waals surface area contributed by atoms with E-state index in [-0.39, 0.29) is 35.3 Å². The van der Waals surface area contributed by atoms with Gasteiger partial charge >= 0.3 is 0 Å². The molecule has 1 saturated carbocycles. The van der Waals surface area contributed by atoms with Gasteiger partial charge in [0.25, 0.3) is 0 Å². The molecule has 3 aliphatic rings. The van der Waals surface area contributed by atoms with Crippen LogP contribution in [0.15, 0.2) is 4.99 Å². The summed E-state index contributed by atoms with van der Waals surface area (Å²) in [6, 6.07) is 0.827. The van der Waals surface area contributed by atoms with Crippen molar-refractivity contribution in [2.45, 2.75) is 58.2 Å². The van der Waals surface area contributed by atoms with E-state index in [4.69, 9.17) is 4.74 Å². The molecular formula is C19H36IN5O2. The van der Waals surface area contributed by atoms with Crippen molar-refractivity contribution >= 4 is 35.8 Å². The molecule has 3 fully saturated rings. The maximum Gasteiger partial charge on any atom is 0.233 e. The van der Waals surface area contributed by atoms with E-state index >= 15 is 0 Å².